The number of nitrogens with zero attached hydrogens (tertiary/aromatic N) is 3. The van der Waals surface area contributed by atoms with Gasteiger partial charge in [-0.15, -0.1) is 0 Å². The Balaban J connectivity index is 1.74. The molecule has 1 aromatic heterocycles. The van der Waals surface area contributed by atoms with Gasteiger partial charge in [0.25, 0.3) is 5.91 Å². The van der Waals surface area contributed by atoms with Gasteiger partial charge in [0.1, 0.15) is 6.04 Å². The van der Waals surface area contributed by atoms with Crippen molar-refractivity contribution in [3.8, 4) is 0 Å². The third-order valence-electron chi connectivity index (χ3n) is 4.83. The lowest BCUT2D eigenvalue weighted by atomic mass is 10.0. The van der Waals surface area contributed by atoms with E-state index in [0.29, 0.717) is 25.1 Å². The number of sulfonamides is 1. The second-order valence-corrected chi connectivity index (χ2v) is 8.93. The molecule has 3 rings (SSSR count). The predicted octanol–water partition coefficient (Wildman–Crippen LogP) is 0.527. The topological polar surface area (TPSA) is 99.7 Å². The summed E-state index contributed by atoms with van der Waals surface area (Å²) in [5.41, 5.74) is 1.30. The van der Waals surface area contributed by atoms with E-state index in [1.807, 2.05) is 30.3 Å². The number of carbonyl (C=O) groups excluding carboxylic acids is 2. The molecule has 0 aliphatic carbocycles. The summed E-state index contributed by atoms with van der Waals surface area (Å²) in [6, 6.07) is 12.0. The number of amides is 2. The van der Waals surface area contributed by atoms with Gasteiger partial charge in [-0.25, -0.2) is 8.42 Å². The number of piperazine rings is 1. The Morgan fingerprint density at radius 3 is 2.34 bits per heavy atom. The fraction of sp³-hybridized carbons (Fsp3) is 0.350. The molecule has 8 nitrogen and oxygen atoms in total. The molecule has 2 heterocycles. The molecule has 0 radical (unpaired) electrons. The fourth-order valence-corrected chi connectivity index (χ4v) is 4.08. The van der Waals surface area contributed by atoms with Crippen molar-refractivity contribution in [2.45, 2.75) is 12.5 Å². The number of pyridine rings is 1. The maximum absolute atomic E-state index is 13.2. The standard InChI is InChI=1S/C20H24N4O4S/c1-29(27,28)24-12-10-23(11-13-24)20(26)18(14-16-6-3-2-4-7-16)22-19(25)17-8-5-9-21-15-17/h2-9,15,18H,10-14H2,1H3,(H,22,25)/t18-/m1/s1. The van der Waals surface area contributed by atoms with Crippen LogP contribution >= 0.6 is 0 Å². The van der Waals surface area contributed by atoms with Crippen molar-refractivity contribution in [3.05, 3.63) is 66.0 Å². The maximum Gasteiger partial charge on any atom is 0.253 e. The molecule has 0 bridgehead atoms. The molecule has 1 fully saturated rings. The number of hydrogen-bond donors (Lipinski definition) is 1. The molecule has 2 aromatic rings. The van der Waals surface area contributed by atoms with Crippen molar-refractivity contribution in [2.24, 2.45) is 0 Å². The van der Waals surface area contributed by atoms with Crippen LogP contribution < -0.4 is 5.32 Å². The lowest BCUT2D eigenvalue weighted by molar-refractivity contribution is -0.134. The van der Waals surface area contributed by atoms with E-state index in [-0.39, 0.29) is 24.9 Å². The smallest absolute Gasteiger partial charge is 0.253 e. The first-order valence-electron chi connectivity index (χ1n) is 9.33. The fourth-order valence-electron chi connectivity index (χ4n) is 3.25. The van der Waals surface area contributed by atoms with Crippen LogP contribution in [0.25, 0.3) is 0 Å². The molecule has 1 aromatic carbocycles. The Kier molecular flexibility index (Phi) is 6.60. The lowest BCUT2D eigenvalue weighted by Gasteiger charge is -2.35. The number of aromatic nitrogens is 1. The molecule has 0 spiro atoms. The first kappa shape index (κ1) is 20.9. The predicted molar refractivity (Wildman–Crippen MR) is 109 cm³/mol. The molecule has 2 amide bonds. The largest absolute Gasteiger partial charge is 0.340 e. The molecule has 154 valence electrons. The van der Waals surface area contributed by atoms with E-state index in [1.165, 1.54) is 10.5 Å². The number of benzene rings is 1. The quantitative estimate of drug-likeness (QED) is 0.740. The van der Waals surface area contributed by atoms with Crippen LogP contribution in [0.3, 0.4) is 0 Å². The van der Waals surface area contributed by atoms with Gasteiger partial charge in [0, 0.05) is 45.0 Å². The first-order valence-corrected chi connectivity index (χ1v) is 11.2. The van der Waals surface area contributed by atoms with Gasteiger partial charge in [0.2, 0.25) is 15.9 Å². The second kappa shape index (κ2) is 9.15. The number of hydrogen-bond acceptors (Lipinski definition) is 5. The highest BCUT2D eigenvalue weighted by Crippen LogP contribution is 2.11. The zero-order valence-electron chi connectivity index (χ0n) is 16.2. The summed E-state index contributed by atoms with van der Waals surface area (Å²) in [5, 5.41) is 2.82. The molecule has 1 aliphatic heterocycles. The van der Waals surface area contributed by atoms with Crippen molar-refractivity contribution >= 4 is 21.8 Å². The van der Waals surface area contributed by atoms with E-state index in [2.05, 4.69) is 10.3 Å². The Morgan fingerprint density at radius 1 is 1.07 bits per heavy atom. The minimum Gasteiger partial charge on any atom is -0.340 e. The van der Waals surface area contributed by atoms with Crippen LogP contribution in [-0.4, -0.2) is 72.9 Å². The van der Waals surface area contributed by atoms with E-state index in [1.54, 1.807) is 23.2 Å². The minimum absolute atomic E-state index is 0.223. The molecule has 1 aliphatic rings. The van der Waals surface area contributed by atoms with Gasteiger partial charge in [-0.3, -0.25) is 14.6 Å². The van der Waals surface area contributed by atoms with Gasteiger partial charge in [-0.1, -0.05) is 30.3 Å². The highest BCUT2D eigenvalue weighted by Gasteiger charge is 2.31. The van der Waals surface area contributed by atoms with Crippen LogP contribution in [-0.2, 0) is 21.2 Å². The van der Waals surface area contributed by atoms with E-state index < -0.39 is 16.1 Å². The van der Waals surface area contributed by atoms with Crippen LogP contribution in [0.5, 0.6) is 0 Å². The van der Waals surface area contributed by atoms with Crippen molar-refractivity contribution in [1.82, 2.24) is 19.5 Å². The number of carbonyl (C=O) groups is 2. The normalized spacial score (nSPS) is 16.2. The Hall–Kier alpha value is -2.78. The molecule has 9 heteroatoms. The van der Waals surface area contributed by atoms with Crippen molar-refractivity contribution in [3.63, 3.8) is 0 Å². The summed E-state index contributed by atoms with van der Waals surface area (Å²) < 4.78 is 24.8. The highest BCUT2D eigenvalue weighted by molar-refractivity contribution is 7.88. The average Bonchev–Trinajstić information content (AvgIpc) is 2.73. The van der Waals surface area contributed by atoms with Gasteiger partial charge in [-0.05, 0) is 17.7 Å². The summed E-state index contributed by atoms with van der Waals surface area (Å²) in [4.78, 5) is 31.3. The molecule has 1 atom stereocenters. The third-order valence-corrected chi connectivity index (χ3v) is 6.13. The molecule has 0 saturated carbocycles. The minimum atomic E-state index is -3.28. The SMILES string of the molecule is CS(=O)(=O)N1CCN(C(=O)[C@@H](Cc2ccccc2)NC(=O)c2cccnc2)CC1. The van der Waals surface area contributed by atoms with E-state index in [0.717, 1.165) is 11.8 Å². The van der Waals surface area contributed by atoms with Crippen LogP contribution in [0, 0.1) is 0 Å². The Morgan fingerprint density at radius 2 is 1.76 bits per heavy atom. The monoisotopic (exact) mass is 416 g/mol. The van der Waals surface area contributed by atoms with Crippen molar-refractivity contribution in [2.75, 3.05) is 32.4 Å². The van der Waals surface area contributed by atoms with Gasteiger partial charge < -0.3 is 10.2 Å². The van der Waals surface area contributed by atoms with Crippen LogP contribution in [0.2, 0.25) is 0 Å². The first-order chi connectivity index (χ1) is 13.8. The molecular formula is C20H24N4O4S. The summed E-state index contributed by atoms with van der Waals surface area (Å²) in [6.45, 7) is 1.08. The lowest BCUT2D eigenvalue weighted by Crippen LogP contribution is -2.56. The Bertz CT molecular complexity index is 943. The summed E-state index contributed by atoms with van der Waals surface area (Å²) in [6.07, 6.45) is 4.53. The molecular weight excluding hydrogens is 392 g/mol. The molecule has 29 heavy (non-hydrogen) atoms. The van der Waals surface area contributed by atoms with Gasteiger partial charge in [0.05, 0.1) is 11.8 Å². The van der Waals surface area contributed by atoms with Gasteiger partial charge >= 0.3 is 0 Å². The second-order valence-electron chi connectivity index (χ2n) is 6.94. The molecule has 1 N–H and O–H groups in total. The van der Waals surface area contributed by atoms with Gasteiger partial charge in [0.15, 0.2) is 0 Å². The Labute approximate surface area is 170 Å². The zero-order chi connectivity index (χ0) is 20.9. The molecule has 1 saturated heterocycles. The van der Waals surface area contributed by atoms with Gasteiger partial charge in [-0.2, -0.15) is 4.31 Å². The van der Waals surface area contributed by atoms with E-state index in [4.69, 9.17) is 0 Å². The average molecular weight is 417 g/mol. The summed E-state index contributed by atoms with van der Waals surface area (Å²) in [5.74, 6) is -0.596. The zero-order valence-corrected chi connectivity index (χ0v) is 17.0. The summed E-state index contributed by atoms with van der Waals surface area (Å²) in [7, 11) is -3.28. The van der Waals surface area contributed by atoms with Crippen molar-refractivity contribution in [1.29, 1.82) is 0 Å². The number of nitrogens with one attached hydrogen (secondary N) is 1. The highest BCUT2D eigenvalue weighted by atomic mass is 32.2. The van der Waals surface area contributed by atoms with Crippen LogP contribution in [0.15, 0.2) is 54.9 Å². The van der Waals surface area contributed by atoms with E-state index in [9.17, 15) is 18.0 Å². The maximum atomic E-state index is 13.2. The molecule has 0 unspecified atom stereocenters. The van der Waals surface area contributed by atoms with Crippen LogP contribution in [0.4, 0.5) is 0 Å². The van der Waals surface area contributed by atoms with Crippen molar-refractivity contribution < 1.29 is 18.0 Å². The summed E-state index contributed by atoms with van der Waals surface area (Å²) >= 11 is 0. The number of rotatable bonds is 6. The van der Waals surface area contributed by atoms with E-state index >= 15 is 0 Å². The van der Waals surface area contributed by atoms with Crippen LogP contribution in [0.1, 0.15) is 15.9 Å². The third kappa shape index (κ3) is 5.61.